The average molecular weight is 466 g/mol. The summed E-state index contributed by atoms with van der Waals surface area (Å²) in [5.41, 5.74) is 18.2. The van der Waals surface area contributed by atoms with Crippen molar-refractivity contribution in [2.24, 2.45) is 23.1 Å². The average Bonchev–Trinajstić information content (AvgIpc) is 2.75. The van der Waals surface area contributed by atoms with E-state index in [1.807, 2.05) is 13.8 Å². The van der Waals surface area contributed by atoms with Crippen molar-refractivity contribution in [2.75, 3.05) is 6.61 Å². The Morgan fingerprint density at radius 3 is 1.94 bits per heavy atom. The molecule has 3 fully saturated rings. The number of hydrogen-bond donors (Lipinski definition) is 8. The van der Waals surface area contributed by atoms with Gasteiger partial charge in [-0.15, -0.1) is 0 Å². The van der Waals surface area contributed by atoms with Crippen LogP contribution in [0.3, 0.4) is 0 Å². The second-order valence-electron chi connectivity index (χ2n) is 9.27. The molecule has 188 valence electrons. The summed E-state index contributed by atoms with van der Waals surface area (Å²) in [7, 11) is 0. The van der Waals surface area contributed by atoms with Gasteiger partial charge in [-0.25, -0.2) is 0 Å². The van der Waals surface area contributed by atoms with Crippen molar-refractivity contribution in [1.82, 2.24) is 0 Å². The first kappa shape index (κ1) is 26.1. The zero-order valence-corrected chi connectivity index (χ0v) is 18.5. The lowest BCUT2D eigenvalue weighted by Gasteiger charge is -2.48. The van der Waals surface area contributed by atoms with E-state index < -0.39 is 80.0 Å². The van der Waals surface area contributed by atoms with E-state index >= 15 is 0 Å². The fraction of sp³-hybridized carbons (Fsp3) is 1.00. The van der Waals surface area contributed by atoms with Crippen LogP contribution in [0.25, 0.3) is 0 Å². The van der Waals surface area contributed by atoms with Crippen LogP contribution in [0.15, 0.2) is 0 Å². The molecule has 2 heterocycles. The van der Waals surface area contributed by atoms with Gasteiger partial charge in [0.05, 0.1) is 24.9 Å². The SMILES string of the molecule is CC[C@H]1O[C@H](OC2[C@@H](N)C[C@@H](N)[C@H](O[C@H]3O[C@H](CO)[C@@H](O)[C@H](N)[C@H]3O)[C@H]2O)[C@H](C)C[C@@H]1O. The fourth-order valence-corrected chi connectivity index (χ4v) is 4.75. The summed E-state index contributed by atoms with van der Waals surface area (Å²) in [6.45, 7) is 3.26. The number of rotatable bonds is 6. The van der Waals surface area contributed by atoms with Crippen LogP contribution in [0, 0.1) is 5.92 Å². The van der Waals surface area contributed by atoms with Crippen molar-refractivity contribution in [3.8, 4) is 0 Å². The lowest BCUT2D eigenvalue weighted by molar-refractivity contribution is -0.318. The highest BCUT2D eigenvalue weighted by molar-refractivity contribution is 5.00. The molecule has 32 heavy (non-hydrogen) atoms. The van der Waals surface area contributed by atoms with Crippen LogP contribution in [0.2, 0.25) is 0 Å². The molecule has 0 amide bonds. The minimum absolute atomic E-state index is 0.129. The highest BCUT2D eigenvalue weighted by Gasteiger charge is 2.50. The molecule has 2 saturated heterocycles. The first-order valence-corrected chi connectivity index (χ1v) is 11.3. The van der Waals surface area contributed by atoms with Gasteiger partial charge >= 0.3 is 0 Å². The summed E-state index contributed by atoms with van der Waals surface area (Å²) < 4.78 is 23.2. The van der Waals surface area contributed by atoms with Gasteiger partial charge < -0.3 is 61.7 Å². The first-order valence-electron chi connectivity index (χ1n) is 11.3. The quantitative estimate of drug-likeness (QED) is 0.191. The van der Waals surface area contributed by atoms with E-state index in [1.54, 1.807) is 0 Å². The standard InChI is InChI=1S/C20H39N3O9/c1-3-11-10(25)4-7(2)19(29-11)31-17-8(21)5-9(22)18(16(17)28)32-20-15(27)13(23)14(26)12(6-24)30-20/h7-20,24-28H,3-6,21-23H2,1-2H3/t7-,8+,9-,10+,11-,12-,13+,14-,15-,16+,17?,18+,19-,20-/m1/s1. The van der Waals surface area contributed by atoms with Gasteiger partial charge in [-0.1, -0.05) is 13.8 Å². The summed E-state index contributed by atoms with van der Waals surface area (Å²) in [4.78, 5) is 0. The lowest BCUT2D eigenvalue weighted by Crippen LogP contribution is -2.67. The Hall–Kier alpha value is -0.480. The molecule has 1 aliphatic carbocycles. The molecule has 0 aromatic carbocycles. The lowest BCUT2D eigenvalue weighted by atomic mass is 9.84. The van der Waals surface area contributed by atoms with Gasteiger partial charge in [0, 0.05) is 18.0 Å². The Balaban J connectivity index is 1.70. The van der Waals surface area contributed by atoms with Gasteiger partial charge in [-0.3, -0.25) is 0 Å². The van der Waals surface area contributed by atoms with E-state index in [-0.39, 0.29) is 18.4 Å². The van der Waals surface area contributed by atoms with Crippen LogP contribution in [0.5, 0.6) is 0 Å². The van der Waals surface area contributed by atoms with Crippen molar-refractivity contribution in [2.45, 2.75) is 113 Å². The maximum atomic E-state index is 11.0. The molecule has 0 aromatic heterocycles. The zero-order valence-electron chi connectivity index (χ0n) is 18.5. The van der Waals surface area contributed by atoms with Crippen LogP contribution in [0.1, 0.15) is 33.1 Å². The van der Waals surface area contributed by atoms with E-state index in [1.165, 1.54) is 0 Å². The third kappa shape index (κ3) is 5.27. The summed E-state index contributed by atoms with van der Waals surface area (Å²) in [6, 6.07) is -2.42. The van der Waals surface area contributed by atoms with Crippen LogP contribution < -0.4 is 17.2 Å². The number of ether oxygens (including phenoxy) is 4. The molecular weight excluding hydrogens is 426 g/mol. The van der Waals surface area contributed by atoms with E-state index in [0.717, 1.165) is 0 Å². The van der Waals surface area contributed by atoms with Gasteiger partial charge in [0.25, 0.3) is 0 Å². The van der Waals surface area contributed by atoms with Crippen LogP contribution in [-0.4, -0.2) is 112 Å². The molecule has 3 rings (SSSR count). The molecule has 0 bridgehead atoms. The van der Waals surface area contributed by atoms with Gasteiger partial charge in [0.15, 0.2) is 12.6 Å². The molecule has 0 aromatic rings. The summed E-state index contributed by atoms with van der Waals surface area (Å²) >= 11 is 0. The minimum Gasteiger partial charge on any atom is -0.394 e. The number of nitrogens with two attached hydrogens (primary N) is 3. The first-order chi connectivity index (χ1) is 15.1. The van der Waals surface area contributed by atoms with Crippen molar-refractivity contribution >= 4 is 0 Å². The second-order valence-corrected chi connectivity index (χ2v) is 9.27. The smallest absolute Gasteiger partial charge is 0.186 e. The third-order valence-electron chi connectivity index (χ3n) is 6.80. The number of aliphatic hydroxyl groups is 5. The van der Waals surface area contributed by atoms with Gasteiger partial charge in [-0.2, -0.15) is 0 Å². The Morgan fingerprint density at radius 1 is 0.812 bits per heavy atom. The zero-order chi connectivity index (χ0) is 23.7. The predicted molar refractivity (Wildman–Crippen MR) is 111 cm³/mol. The summed E-state index contributed by atoms with van der Waals surface area (Å²) in [5.74, 6) is -0.129. The molecule has 14 atom stereocenters. The van der Waals surface area contributed by atoms with Crippen LogP contribution in [-0.2, 0) is 18.9 Å². The third-order valence-corrected chi connectivity index (χ3v) is 6.80. The summed E-state index contributed by atoms with van der Waals surface area (Å²) in [5, 5.41) is 51.0. The molecule has 11 N–H and O–H groups in total. The highest BCUT2D eigenvalue weighted by Crippen LogP contribution is 2.33. The Labute approximate surface area is 187 Å². The maximum absolute atomic E-state index is 11.0. The normalized spacial score (nSPS) is 52.7. The van der Waals surface area contributed by atoms with E-state index in [4.69, 9.17) is 36.1 Å². The molecule has 12 nitrogen and oxygen atoms in total. The number of hydrogen-bond acceptors (Lipinski definition) is 12. The Kier molecular flexibility index (Phi) is 8.86. The molecule has 1 unspecified atom stereocenters. The fourth-order valence-electron chi connectivity index (χ4n) is 4.75. The van der Waals surface area contributed by atoms with Crippen LogP contribution >= 0.6 is 0 Å². The summed E-state index contributed by atoms with van der Waals surface area (Å²) in [6.07, 6.45) is -8.53. The van der Waals surface area contributed by atoms with E-state index in [9.17, 15) is 25.5 Å². The van der Waals surface area contributed by atoms with Gasteiger partial charge in [0.2, 0.25) is 0 Å². The largest absolute Gasteiger partial charge is 0.394 e. The van der Waals surface area contributed by atoms with E-state index in [2.05, 4.69) is 0 Å². The maximum Gasteiger partial charge on any atom is 0.186 e. The van der Waals surface area contributed by atoms with Gasteiger partial charge in [-0.05, 0) is 19.3 Å². The Morgan fingerprint density at radius 2 is 1.38 bits per heavy atom. The molecule has 2 aliphatic heterocycles. The van der Waals surface area contributed by atoms with Crippen molar-refractivity contribution in [3.05, 3.63) is 0 Å². The van der Waals surface area contributed by atoms with Crippen molar-refractivity contribution < 1.29 is 44.5 Å². The van der Waals surface area contributed by atoms with Crippen molar-refractivity contribution in [1.29, 1.82) is 0 Å². The Bertz CT molecular complexity index is 603. The molecular formula is C20H39N3O9. The topological polar surface area (TPSA) is 216 Å². The second kappa shape index (κ2) is 10.8. The molecule has 0 spiro atoms. The van der Waals surface area contributed by atoms with Crippen LogP contribution in [0.4, 0.5) is 0 Å². The molecule has 12 heteroatoms. The van der Waals surface area contributed by atoms with Gasteiger partial charge in [0.1, 0.15) is 36.6 Å². The number of aliphatic hydroxyl groups excluding tert-OH is 5. The minimum atomic E-state index is -1.41. The molecule has 0 radical (unpaired) electrons. The molecule has 1 saturated carbocycles. The predicted octanol–water partition coefficient (Wildman–Crippen LogP) is -3.54. The van der Waals surface area contributed by atoms with E-state index in [0.29, 0.717) is 12.8 Å². The molecule has 3 aliphatic rings. The highest BCUT2D eigenvalue weighted by atomic mass is 16.7. The van der Waals surface area contributed by atoms with Crippen molar-refractivity contribution in [3.63, 3.8) is 0 Å². The monoisotopic (exact) mass is 465 g/mol.